The van der Waals surface area contributed by atoms with Gasteiger partial charge in [-0.25, -0.2) is 23.9 Å². The van der Waals surface area contributed by atoms with Gasteiger partial charge < -0.3 is 30.7 Å². The van der Waals surface area contributed by atoms with Gasteiger partial charge in [0.25, 0.3) is 11.6 Å². The Bertz CT molecular complexity index is 2110. The van der Waals surface area contributed by atoms with Crippen molar-refractivity contribution in [2.75, 3.05) is 33.4 Å². The second-order valence-electron chi connectivity index (χ2n) is 16.6. The molecule has 14 nitrogen and oxygen atoms in total. The number of imidazole rings is 2. The molecule has 2 fully saturated rings. The highest BCUT2D eigenvalue weighted by Crippen LogP contribution is 2.48. The molecule has 0 saturated carbocycles. The zero-order valence-electron chi connectivity index (χ0n) is 34.5. The number of nitrogens with two attached hydrogens (primary N) is 1. The first-order valence-corrected chi connectivity index (χ1v) is 20.6. The van der Waals surface area contributed by atoms with Gasteiger partial charge in [-0.3, -0.25) is 14.6 Å². The van der Waals surface area contributed by atoms with Crippen LogP contribution in [-0.4, -0.2) is 78.1 Å². The third-order valence-corrected chi connectivity index (χ3v) is 12.2. The predicted octanol–water partition coefficient (Wildman–Crippen LogP) is 4.92. The molecule has 308 valence electrons. The summed E-state index contributed by atoms with van der Waals surface area (Å²) in [6, 6.07) is 16.1. The zero-order valence-corrected chi connectivity index (χ0v) is 34.5. The number of aromatic amines is 2. The quantitative estimate of drug-likeness (QED) is 0.158. The number of nitrogens with zero attached hydrogens (tertiary/aromatic N) is 4. The molecule has 0 radical (unpaired) electrons. The number of ether oxygens (including phenoxy) is 2. The molecule has 0 bridgehead atoms. The Labute approximate surface area is 340 Å². The second kappa shape index (κ2) is 17.6. The lowest BCUT2D eigenvalue weighted by molar-refractivity contribution is -0.680. The Morgan fingerprint density at radius 3 is 2.10 bits per heavy atom. The summed E-state index contributed by atoms with van der Waals surface area (Å²) < 4.78 is 14.8. The van der Waals surface area contributed by atoms with Crippen molar-refractivity contribution in [3.63, 3.8) is 0 Å². The second-order valence-corrected chi connectivity index (χ2v) is 16.6. The molecule has 4 aromatic rings. The van der Waals surface area contributed by atoms with E-state index in [1.54, 1.807) is 0 Å². The molecule has 6 N–H and O–H groups in total. The van der Waals surface area contributed by atoms with Crippen LogP contribution in [0.25, 0.3) is 33.6 Å². The van der Waals surface area contributed by atoms with Crippen molar-refractivity contribution in [2.45, 2.75) is 83.3 Å². The van der Waals surface area contributed by atoms with Crippen LogP contribution in [0.5, 0.6) is 0 Å². The number of H-pyrrole nitrogens is 2. The van der Waals surface area contributed by atoms with E-state index in [9.17, 15) is 14.4 Å². The van der Waals surface area contributed by atoms with E-state index in [2.05, 4.69) is 90.7 Å². The monoisotopic (exact) mass is 793 g/mol. The summed E-state index contributed by atoms with van der Waals surface area (Å²) in [5, 5.41) is 5.80. The lowest BCUT2D eigenvalue weighted by atomic mass is 9.78. The van der Waals surface area contributed by atoms with Crippen molar-refractivity contribution < 1.29 is 33.0 Å². The molecule has 3 unspecified atom stereocenters. The van der Waals surface area contributed by atoms with E-state index in [-0.39, 0.29) is 35.2 Å². The molecule has 1 spiro atoms. The fourth-order valence-electron chi connectivity index (χ4n) is 8.80. The fourth-order valence-corrected chi connectivity index (χ4v) is 8.80. The fraction of sp³-hybridized carbons (Fsp3) is 0.500. The number of benzene rings is 2. The zero-order chi connectivity index (χ0) is 41.0. The first-order chi connectivity index (χ1) is 27.9. The average Bonchev–Trinajstić information content (AvgIpc) is 3.91. The molecule has 5 heterocycles. The Kier molecular flexibility index (Phi) is 12.3. The maximum Gasteiger partial charge on any atom is 0.407 e. The molecule has 7 rings (SSSR count). The van der Waals surface area contributed by atoms with Crippen LogP contribution in [0.4, 0.5) is 4.79 Å². The van der Waals surface area contributed by atoms with E-state index in [0.29, 0.717) is 51.4 Å². The maximum atomic E-state index is 14.2. The number of aliphatic imine (C=N–C) groups is 1. The van der Waals surface area contributed by atoms with Crippen molar-refractivity contribution in [3.05, 3.63) is 72.6 Å². The van der Waals surface area contributed by atoms with Gasteiger partial charge in [0.1, 0.15) is 24.5 Å². The molecular weight excluding hydrogens is 735 g/mol. The number of alkyl carbamates (subject to hydrolysis) is 1. The van der Waals surface area contributed by atoms with Crippen LogP contribution in [-0.2, 0) is 33.2 Å². The van der Waals surface area contributed by atoms with Crippen LogP contribution in [0.1, 0.15) is 88.9 Å². The molecule has 3 atom stereocenters. The minimum atomic E-state index is -0.702. The van der Waals surface area contributed by atoms with E-state index in [0.717, 1.165) is 77.4 Å². The van der Waals surface area contributed by atoms with Gasteiger partial charge >= 0.3 is 6.09 Å². The average molecular weight is 794 g/mol. The summed E-state index contributed by atoms with van der Waals surface area (Å²) in [6.45, 7) is 6.49. The number of rotatable bonds is 8. The number of nitrogens with one attached hydrogen (secondary N) is 4. The number of carbonyl (C=O) groups is 3. The minimum absolute atomic E-state index is 0.0425. The van der Waals surface area contributed by atoms with Gasteiger partial charge in [0, 0.05) is 50.3 Å². The van der Waals surface area contributed by atoms with Crippen molar-refractivity contribution in [1.82, 2.24) is 25.5 Å². The number of carbonyl (C=O) groups excluding carboxylic acids is 3. The summed E-state index contributed by atoms with van der Waals surface area (Å²) in [5.41, 5.74) is 12.5. The Morgan fingerprint density at radius 2 is 1.50 bits per heavy atom. The summed E-state index contributed by atoms with van der Waals surface area (Å²) in [7, 11) is 5.36. The number of methoxy groups -OCH3 is 1. The number of aromatic nitrogens is 4. The summed E-state index contributed by atoms with van der Waals surface area (Å²) in [6.07, 6.45) is 9.52. The smallest absolute Gasteiger partial charge is 0.407 e. The molecule has 2 saturated heterocycles. The van der Waals surface area contributed by atoms with Gasteiger partial charge in [-0.1, -0.05) is 38.1 Å². The van der Waals surface area contributed by atoms with E-state index in [1.165, 1.54) is 7.11 Å². The van der Waals surface area contributed by atoms with Gasteiger partial charge in [0.2, 0.25) is 11.8 Å². The highest BCUT2D eigenvalue weighted by Gasteiger charge is 2.51. The van der Waals surface area contributed by atoms with Gasteiger partial charge in [-0.15, -0.1) is 0 Å². The highest BCUT2D eigenvalue weighted by molar-refractivity contribution is 5.86. The topological polar surface area (TPSA) is 175 Å². The summed E-state index contributed by atoms with van der Waals surface area (Å²) in [4.78, 5) is 52.7. The number of amides is 3. The van der Waals surface area contributed by atoms with Crippen LogP contribution in [0.3, 0.4) is 0 Å². The van der Waals surface area contributed by atoms with E-state index < -0.39 is 12.1 Å². The molecule has 3 aliphatic rings. The number of hydrogen-bond donors (Lipinski definition) is 5. The van der Waals surface area contributed by atoms with E-state index in [1.807, 2.05) is 32.8 Å². The van der Waals surface area contributed by atoms with Crippen molar-refractivity contribution >= 4 is 23.7 Å². The third kappa shape index (κ3) is 8.96. The Balaban J connectivity index is 1.08. The van der Waals surface area contributed by atoms with Crippen molar-refractivity contribution in [1.29, 1.82) is 0 Å². The normalized spacial score (nSPS) is 20.6. The standard InChI is InChI=1S/C44H57N9O5/c1-28(2)39(50-43(56)57-5)42(55)53-27-44(19-22-58-23-20-44)24-36(53)41-49-35(26-52(41)4)32-17-13-30(14-18-32)29-11-15-31(16-12-29)34-25-51(3)40(48-34)33-8-7-21-46-38(54)10-6-9-37(45)47-33/h11-18,25-26,28,33,36,39H,6-10,19-24,27H2,1-5H3,(H4,45,46,47,50,54,56)/p+2. The minimum Gasteiger partial charge on any atom is -0.453 e. The van der Waals surface area contributed by atoms with Crippen molar-refractivity contribution in [2.24, 2.45) is 36.2 Å². The van der Waals surface area contributed by atoms with Gasteiger partial charge in [0.05, 0.1) is 27.0 Å². The van der Waals surface area contributed by atoms with Crippen LogP contribution in [0.15, 0.2) is 65.9 Å². The third-order valence-electron chi connectivity index (χ3n) is 12.2. The molecule has 2 aromatic heterocycles. The first-order valence-electron chi connectivity index (χ1n) is 20.6. The molecular formula is C44H59N9O5+2. The number of likely N-dealkylation sites (tertiary alicyclic amines) is 1. The van der Waals surface area contributed by atoms with Crippen LogP contribution < -0.4 is 25.5 Å². The lowest BCUT2D eigenvalue weighted by Gasteiger charge is -2.33. The van der Waals surface area contributed by atoms with E-state index >= 15 is 0 Å². The molecule has 0 aliphatic carbocycles. The number of aryl methyl sites for hydroxylation is 2. The first kappa shape index (κ1) is 40.7. The Hall–Kier alpha value is -5.50. The molecule has 14 heteroatoms. The largest absolute Gasteiger partial charge is 0.453 e. The summed E-state index contributed by atoms with van der Waals surface area (Å²) in [5.74, 6) is 2.37. The van der Waals surface area contributed by atoms with Crippen LogP contribution in [0.2, 0.25) is 0 Å². The van der Waals surface area contributed by atoms with Gasteiger partial charge in [0.15, 0.2) is 17.4 Å². The summed E-state index contributed by atoms with van der Waals surface area (Å²) >= 11 is 0. The predicted molar refractivity (Wildman–Crippen MR) is 220 cm³/mol. The highest BCUT2D eigenvalue weighted by atomic mass is 16.5. The molecule has 58 heavy (non-hydrogen) atoms. The number of amidine groups is 1. The van der Waals surface area contributed by atoms with Gasteiger partial charge in [-0.05, 0) is 85.3 Å². The van der Waals surface area contributed by atoms with Crippen LogP contribution >= 0.6 is 0 Å². The molecule has 3 amide bonds. The molecule has 3 aliphatic heterocycles. The molecule has 2 aromatic carbocycles. The lowest BCUT2D eigenvalue weighted by Crippen LogP contribution is -2.52. The SMILES string of the molecule is COC(=O)NC(C(=O)N1CC2(CCOCC2)CC1c1[nH]c(-c2ccc(-c3ccc(-c4c[n+](C)c(C5CCCNC(=O)CCCC(N)=N5)[nH]4)cc3)cc2)c[n+]1C)C(C)C. The van der Waals surface area contributed by atoms with Crippen LogP contribution in [0, 0.1) is 11.3 Å². The number of hydrogen-bond acceptors (Lipinski definition) is 7. The maximum absolute atomic E-state index is 14.2. The Morgan fingerprint density at radius 1 is 0.914 bits per heavy atom. The van der Waals surface area contributed by atoms with E-state index in [4.69, 9.17) is 20.2 Å². The van der Waals surface area contributed by atoms with Crippen molar-refractivity contribution in [3.8, 4) is 33.6 Å². The van der Waals surface area contributed by atoms with Gasteiger partial charge in [-0.2, -0.15) is 0 Å².